The summed E-state index contributed by atoms with van der Waals surface area (Å²) in [6.45, 7) is 0. The van der Waals surface area contributed by atoms with Crippen LogP contribution in [0.2, 0.25) is 0 Å². The van der Waals surface area contributed by atoms with Crippen molar-refractivity contribution in [2.75, 3.05) is 0 Å². The predicted molar refractivity (Wildman–Crippen MR) is 64.1 cm³/mol. The Kier molecular flexibility index (Phi) is 4.65. The number of rotatable bonds is 2. The van der Waals surface area contributed by atoms with Crippen molar-refractivity contribution in [2.45, 2.75) is 6.10 Å². The standard InChI is InChI=1S/C13H12O.Li.H/c14-13(11-7-3-1-4-8-11)12-9-5-2-6-10-12;;/h1-10,13-14H;;. The Morgan fingerprint density at radius 2 is 1.00 bits per heavy atom. The van der Waals surface area contributed by atoms with Crippen molar-refractivity contribution >= 4 is 18.9 Å². The summed E-state index contributed by atoms with van der Waals surface area (Å²) in [4.78, 5) is 0. The van der Waals surface area contributed by atoms with Gasteiger partial charge in [-0.05, 0) is 11.1 Å². The van der Waals surface area contributed by atoms with Crippen molar-refractivity contribution in [3.63, 3.8) is 0 Å². The summed E-state index contributed by atoms with van der Waals surface area (Å²) >= 11 is 0. The first-order valence-corrected chi connectivity index (χ1v) is 4.66. The average Bonchev–Trinajstić information content (AvgIpc) is 2.30. The predicted octanol–water partition coefficient (Wildman–Crippen LogP) is 2.12. The second-order valence-electron chi connectivity index (χ2n) is 3.22. The van der Waals surface area contributed by atoms with E-state index in [0.717, 1.165) is 11.1 Å². The van der Waals surface area contributed by atoms with Crippen LogP contribution in [-0.2, 0) is 0 Å². The van der Waals surface area contributed by atoms with Crippen LogP contribution in [0, 0.1) is 0 Å². The minimum atomic E-state index is -0.516. The molecule has 2 aromatic rings. The molecule has 1 N–H and O–H groups in total. The average molecular weight is 192 g/mol. The summed E-state index contributed by atoms with van der Waals surface area (Å²) in [5.41, 5.74) is 1.86. The van der Waals surface area contributed by atoms with Gasteiger partial charge in [0.2, 0.25) is 0 Å². The second kappa shape index (κ2) is 5.78. The minimum absolute atomic E-state index is 0. The molecule has 1 nitrogen and oxygen atoms in total. The molecule has 72 valence electrons. The third-order valence-corrected chi connectivity index (χ3v) is 2.23. The molecule has 0 unspecified atom stereocenters. The molecule has 0 atom stereocenters. The van der Waals surface area contributed by atoms with E-state index in [9.17, 15) is 5.11 Å². The Hall–Kier alpha value is -1.00. The molecular weight excluding hydrogens is 179 g/mol. The molecule has 0 aromatic heterocycles. The molecule has 0 spiro atoms. The normalized spacial score (nSPS) is 9.73. The van der Waals surface area contributed by atoms with Crippen LogP contribution in [0.15, 0.2) is 60.7 Å². The van der Waals surface area contributed by atoms with E-state index >= 15 is 0 Å². The molecule has 0 radical (unpaired) electrons. The molecular formula is C13H13LiO. The van der Waals surface area contributed by atoms with Gasteiger partial charge in [0, 0.05) is 0 Å². The molecule has 2 aromatic carbocycles. The third-order valence-electron chi connectivity index (χ3n) is 2.23. The summed E-state index contributed by atoms with van der Waals surface area (Å²) in [6, 6.07) is 19.3. The summed E-state index contributed by atoms with van der Waals surface area (Å²) in [7, 11) is 0. The van der Waals surface area contributed by atoms with Crippen LogP contribution < -0.4 is 0 Å². The summed E-state index contributed by atoms with van der Waals surface area (Å²) in [5.74, 6) is 0. The van der Waals surface area contributed by atoms with Gasteiger partial charge in [-0.3, -0.25) is 0 Å². The van der Waals surface area contributed by atoms with E-state index in [4.69, 9.17) is 0 Å². The van der Waals surface area contributed by atoms with E-state index < -0.39 is 6.10 Å². The van der Waals surface area contributed by atoms with Gasteiger partial charge in [0.25, 0.3) is 0 Å². The van der Waals surface area contributed by atoms with Crippen molar-refractivity contribution in [2.24, 2.45) is 0 Å². The zero-order valence-electron chi connectivity index (χ0n) is 7.80. The van der Waals surface area contributed by atoms with Crippen molar-refractivity contribution in [3.05, 3.63) is 71.8 Å². The van der Waals surface area contributed by atoms with Gasteiger partial charge in [-0.25, -0.2) is 0 Å². The second-order valence-corrected chi connectivity index (χ2v) is 3.22. The molecule has 0 amide bonds. The van der Waals surface area contributed by atoms with Crippen LogP contribution in [0.5, 0.6) is 0 Å². The fourth-order valence-corrected chi connectivity index (χ4v) is 1.46. The number of benzene rings is 2. The van der Waals surface area contributed by atoms with Gasteiger partial charge in [0.15, 0.2) is 0 Å². The van der Waals surface area contributed by atoms with E-state index in [1.54, 1.807) is 0 Å². The van der Waals surface area contributed by atoms with E-state index in [1.807, 2.05) is 60.7 Å². The zero-order valence-corrected chi connectivity index (χ0v) is 7.80. The van der Waals surface area contributed by atoms with Crippen molar-refractivity contribution < 1.29 is 5.11 Å². The van der Waals surface area contributed by atoms with Gasteiger partial charge >= 0.3 is 18.9 Å². The van der Waals surface area contributed by atoms with Crippen LogP contribution in [-0.4, -0.2) is 24.0 Å². The third kappa shape index (κ3) is 2.97. The van der Waals surface area contributed by atoms with E-state index in [0.29, 0.717) is 0 Å². The Balaban J connectivity index is 0.00000112. The first-order valence-electron chi connectivity index (χ1n) is 4.66. The van der Waals surface area contributed by atoms with Gasteiger partial charge in [0.05, 0.1) is 0 Å². The van der Waals surface area contributed by atoms with Gasteiger partial charge < -0.3 is 5.11 Å². The van der Waals surface area contributed by atoms with Crippen LogP contribution >= 0.6 is 0 Å². The molecule has 2 heteroatoms. The Morgan fingerprint density at radius 3 is 1.33 bits per heavy atom. The molecule has 0 aliphatic rings. The van der Waals surface area contributed by atoms with Crippen LogP contribution in [0.4, 0.5) is 0 Å². The van der Waals surface area contributed by atoms with Crippen LogP contribution in [0.25, 0.3) is 0 Å². The van der Waals surface area contributed by atoms with Crippen LogP contribution in [0.3, 0.4) is 0 Å². The van der Waals surface area contributed by atoms with E-state index in [-0.39, 0.29) is 18.9 Å². The van der Waals surface area contributed by atoms with Gasteiger partial charge in [-0.2, -0.15) is 0 Å². The van der Waals surface area contributed by atoms with Crippen LogP contribution in [0.1, 0.15) is 17.2 Å². The molecule has 0 fully saturated rings. The first kappa shape index (κ1) is 12.1. The molecule has 0 aliphatic carbocycles. The van der Waals surface area contributed by atoms with Crippen molar-refractivity contribution in [3.8, 4) is 0 Å². The molecule has 15 heavy (non-hydrogen) atoms. The molecule has 0 heterocycles. The Bertz CT molecular complexity index is 346. The number of hydrogen-bond donors (Lipinski definition) is 1. The number of aliphatic hydroxyl groups is 1. The fraction of sp³-hybridized carbons (Fsp3) is 0.0769. The SMILES string of the molecule is OC(c1ccccc1)c1ccccc1.[LiH]. The molecule has 0 saturated heterocycles. The molecule has 0 bridgehead atoms. The summed E-state index contributed by atoms with van der Waals surface area (Å²) in [5, 5.41) is 9.99. The van der Waals surface area contributed by atoms with Gasteiger partial charge in [-0.1, -0.05) is 60.7 Å². The van der Waals surface area contributed by atoms with E-state index in [2.05, 4.69) is 0 Å². The first-order chi connectivity index (χ1) is 6.88. The monoisotopic (exact) mass is 192 g/mol. The maximum absolute atomic E-state index is 9.99. The summed E-state index contributed by atoms with van der Waals surface area (Å²) in [6.07, 6.45) is -0.516. The topological polar surface area (TPSA) is 20.2 Å². The van der Waals surface area contributed by atoms with Crippen molar-refractivity contribution in [1.29, 1.82) is 0 Å². The Morgan fingerprint density at radius 1 is 0.667 bits per heavy atom. The zero-order chi connectivity index (χ0) is 9.80. The Labute approximate surface area is 102 Å². The van der Waals surface area contributed by atoms with Gasteiger partial charge in [0.1, 0.15) is 6.10 Å². The fourth-order valence-electron chi connectivity index (χ4n) is 1.46. The number of aliphatic hydroxyl groups excluding tert-OH is 1. The molecule has 0 saturated carbocycles. The quantitative estimate of drug-likeness (QED) is 0.722. The molecule has 2 rings (SSSR count). The maximum atomic E-state index is 9.99. The number of hydrogen-bond acceptors (Lipinski definition) is 1. The van der Waals surface area contributed by atoms with E-state index in [1.165, 1.54) is 0 Å². The summed E-state index contributed by atoms with van der Waals surface area (Å²) < 4.78 is 0. The molecule has 0 aliphatic heterocycles. The van der Waals surface area contributed by atoms with Gasteiger partial charge in [-0.15, -0.1) is 0 Å². The van der Waals surface area contributed by atoms with Crippen molar-refractivity contribution in [1.82, 2.24) is 0 Å².